The Balaban J connectivity index is 1.66. The molecule has 0 fully saturated rings. The summed E-state index contributed by atoms with van der Waals surface area (Å²) in [4.78, 5) is 24.0. The lowest BCUT2D eigenvalue weighted by atomic mass is 9.98. The van der Waals surface area contributed by atoms with Gasteiger partial charge in [-0.15, -0.1) is 0 Å². The van der Waals surface area contributed by atoms with Gasteiger partial charge in [-0.3, -0.25) is 4.79 Å². The highest BCUT2D eigenvalue weighted by atomic mass is 16.4. The van der Waals surface area contributed by atoms with Crippen LogP contribution in [0.25, 0.3) is 10.8 Å². The average molecular weight is 426 g/mol. The Hall–Kier alpha value is -2.36. The fraction of sp³-hybridized carbons (Fsp3) is 0.556. The van der Waals surface area contributed by atoms with Crippen LogP contribution in [0.5, 0.6) is 0 Å². The zero-order chi connectivity index (χ0) is 22.3. The monoisotopic (exact) mass is 425 g/mol. The molecule has 0 spiro atoms. The first-order valence-corrected chi connectivity index (χ1v) is 12.1. The van der Waals surface area contributed by atoms with Gasteiger partial charge < -0.3 is 10.4 Å². The van der Waals surface area contributed by atoms with E-state index in [0.717, 1.165) is 35.6 Å². The summed E-state index contributed by atoms with van der Waals surface area (Å²) in [6.45, 7) is 2.24. The smallest absolute Gasteiger partial charge is 0.326 e. The number of carbonyl (C=O) groups excluding carboxylic acids is 1. The Morgan fingerprint density at radius 2 is 1.39 bits per heavy atom. The molecule has 31 heavy (non-hydrogen) atoms. The quantitative estimate of drug-likeness (QED) is 0.296. The lowest BCUT2D eigenvalue weighted by Crippen LogP contribution is -2.42. The Kier molecular flexibility index (Phi) is 11.7. The van der Waals surface area contributed by atoms with Gasteiger partial charge in [0.1, 0.15) is 6.04 Å². The zero-order valence-electron chi connectivity index (χ0n) is 19.1. The molecule has 2 N–H and O–H groups in total. The SMILES string of the molecule is CCCCCCCCCCCCCC(=O)N[C@@H](Cc1cccc2ccccc12)C(=O)O. The molecule has 0 saturated carbocycles. The average Bonchev–Trinajstić information content (AvgIpc) is 2.77. The van der Waals surface area contributed by atoms with Gasteiger partial charge in [-0.05, 0) is 22.8 Å². The van der Waals surface area contributed by atoms with Crippen molar-refractivity contribution in [3.63, 3.8) is 0 Å². The summed E-state index contributed by atoms with van der Waals surface area (Å²) in [7, 11) is 0. The van der Waals surface area contributed by atoms with Crippen LogP contribution in [0, 0.1) is 0 Å². The van der Waals surface area contributed by atoms with Gasteiger partial charge in [-0.1, -0.05) is 114 Å². The van der Waals surface area contributed by atoms with E-state index in [-0.39, 0.29) is 5.91 Å². The Labute approximate surface area is 187 Å². The number of hydrogen-bond acceptors (Lipinski definition) is 2. The van der Waals surface area contributed by atoms with E-state index in [1.54, 1.807) is 0 Å². The van der Waals surface area contributed by atoms with Crippen molar-refractivity contribution in [3.05, 3.63) is 48.0 Å². The van der Waals surface area contributed by atoms with E-state index in [1.165, 1.54) is 51.4 Å². The van der Waals surface area contributed by atoms with Crippen molar-refractivity contribution in [1.29, 1.82) is 0 Å². The number of carboxylic acids is 1. The highest BCUT2D eigenvalue weighted by Crippen LogP contribution is 2.20. The van der Waals surface area contributed by atoms with Crippen LogP contribution in [-0.4, -0.2) is 23.0 Å². The van der Waals surface area contributed by atoms with Crippen LogP contribution in [0.1, 0.15) is 89.5 Å². The number of benzene rings is 2. The Morgan fingerprint density at radius 1 is 0.806 bits per heavy atom. The van der Waals surface area contributed by atoms with Crippen molar-refractivity contribution in [1.82, 2.24) is 5.32 Å². The van der Waals surface area contributed by atoms with Crippen molar-refractivity contribution < 1.29 is 14.7 Å². The number of aliphatic carboxylic acids is 1. The summed E-state index contributed by atoms with van der Waals surface area (Å²) >= 11 is 0. The summed E-state index contributed by atoms with van der Waals surface area (Å²) in [5.74, 6) is -1.15. The minimum absolute atomic E-state index is 0.163. The Morgan fingerprint density at radius 3 is 2.03 bits per heavy atom. The first-order valence-electron chi connectivity index (χ1n) is 12.1. The van der Waals surface area contributed by atoms with Crippen LogP contribution in [0.4, 0.5) is 0 Å². The van der Waals surface area contributed by atoms with Gasteiger partial charge in [-0.2, -0.15) is 0 Å². The number of amides is 1. The van der Waals surface area contributed by atoms with E-state index < -0.39 is 12.0 Å². The van der Waals surface area contributed by atoms with Gasteiger partial charge in [0.15, 0.2) is 0 Å². The van der Waals surface area contributed by atoms with Crippen LogP contribution in [0.2, 0.25) is 0 Å². The number of carbonyl (C=O) groups is 2. The second-order valence-electron chi connectivity index (χ2n) is 8.59. The number of hydrogen-bond donors (Lipinski definition) is 2. The third-order valence-electron chi connectivity index (χ3n) is 5.94. The summed E-state index contributed by atoms with van der Waals surface area (Å²) < 4.78 is 0. The molecule has 0 aliphatic carbocycles. The van der Waals surface area contributed by atoms with Crippen molar-refractivity contribution in [2.75, 3.05) is 0 Å². The van der Waals surface area contributed by atoms with E-state index >= 15 is 0 Å². The van der Waals surface area contributed by atoms with Gasteiger partial charge in [0.05, 0.1) is 0 Å². The molecule has 4 nitrogen and oxygen atoms in total. The van der Waals surface area contributed by atoms with E-state index in [1.807, 2.05) is 42.5 Å². The summed E-state index contributed by atoms with van der Waals surface area (Å²) in [5, 5.41) is 14.4. The van der Waals surface area contributed by atoms with Gasteiger partial charge in [0, 0.05) is 12.8 Å². The molecule has 4 heteroatoms. The molecule has 2 aromatic rings. The van der Waals surface area contributed by atoms with E-state index in [9.17, 15) is 14.7 Å². The minimum atomic E-state index is -0.986. The zero-order valence-corrected chi connectivity index (χ0v) is 19.1. The maximum Gasteiger partial charge on any atom is 0.326 e. The van der Waals surface area contributed by atoms with Crippen LogP contribution < -0.4 is 5.32 Å². The van der Waals surface area contributed by atoms with Crippen molar-refractivity contribution in [3.8, 4) is 0 Å². The molecule has 170 valence electrons. The van der Waals surface area contributed by atoms with Crippen molar-refractivity contribution >= 4 is 22.6 Å². The fourth-order valence-corrected chi connectivity index (χ4v) is 4.11. The number of fused-ring (bicyclic) bond motifs is 1. The molecule has 0 saturated heterocycles. The number of carboxylic acid groups (broad SMARTS) is 1. The normalized spacial score (nSPS) is 12.0. The van der Waals surface area contributed by atoms with E-state index in [4.69, 9.17) is 0 Å². The third-order valence-corrected chi connectivity index (χ3v) is 5.94. The summed E-state index contributed by atoms with van der Waals surface area (Å²) in [5.41, 5.74) is 0.945. The molecule has 0 heterocycles. The van der Waals surface area contributed by atoms with Gasteiger partial charge >= 0.3 is 5.97 Å². The third kappa shape index (κ3) is 9.54. The highest BCUT2D eigenvalue weighted by Gasteiger charge is 2.21. The van der Waals surface area contributed by atoms with Gasteiger partial charge in [-0.25, -0.2) is 4.79 Å². The number of rotatable bonds is 16. The van der Waals surface area contributed by atoms with E-state index in [0.29, 0.717) is 12.8 Å². The molecule has 0 aliphatic heterocycles. The largest absolute Gasteiger partial charge is 0.480 e. The maximum atomic E-state index is 12.3. The minimum Gasteiger partial charge on any atom is -0.480 e. The van der Waals surface area contributed by atoms with Crippen LogP contribution in [0.15, 0.2) is 42.5 Å². The van der Waals surface area contributed by atoms with Crippen LogP contribution in [0.3, 0.4) is 0 Å². The Bertz CT molecular complexity index is 797. The lowest BCUT2D eigenvalue weighted by Gasteiger charge is -2.16. The number of nitrogens with one attached hydrogen (secondary N) is 1. The molecular weight excluding hydrogens is 386 g/mol. The molecule has 0 aliphatic rings. The number of unbranched alkanes of at least 4 members (excludes halogenated alkanes) is 10. The fourth-order valence-electron chi connectivity index (χ4n) is 4.11. The summed E-state index contributed by atoms with van der Waals surface area (Å²) in [6, 6.07) is 12.9. The molecule has 0 unspecified atom stereocenters. The molecule has 2 rings (SSSR count). The first kappa shape index (κ1) is 24.9. The lowest BCUT2D eigenvalue weighted by molar-refractivity contribution is -0.141. The predicted octanol–water partition coefficient (Wildman–Crippen LogP) is 6.65. The second-order valence-corrected chi connectivity index (χ2v) is 8.59. The molecule has 1 amide bonds. The molecular formula is C27H39NO3. The van der Waals surface area contributed by atoms with Gasteiger partial charge in [0.25, 0.3) is 0 Å². The molecule has 1 atom stereocenters. The highest BCUT2D eigenvalue weighted by molar-refractivity contribution is 5.88. The molecule has 0 bridgehead atoms. The van der Waals surface area contributed by atoms with Crippen molar-refractivity contribution in [2.24, 2.45) is 0 Å². The molecule has 2 aromatic carbocycles. The topological polar surface area (TPSA) is 66.4 Å². The van der Waals surface area contributed by atoms with Crippen LogP contribution >= 0.6 is 0 Å². The van der Waals surface area contributed by atoms with Gasteiger partial charge in [0.2, 0.25) is 5.91 Å². The van der Waals surface area contributed by atoms with E-state index in [2.05, 4.69) is 12.2 Å². The molecule has 0 aromatic heterocycles. The summed E-state index contributed by atoms with van der Waals surface area (Å²) in [6.07, 6.45) is 14.2. The standard InChI is InChI=1S/C27H39NO3/c1-2-3-4-5-6-7-8-9-10-11-12-20-26(29)28-25(27(30)31)21-23-18-15-17-22-16-13-14-19-24(22)23/h13-19,25H,2-12,20-21H2,1H3,(H,28,29)(H,30,31)/t25-/m0/s1. The second kappa shape index (κ2) is 14.6. The van der Waals surface area contributed by atoms with Crippen LogP contribution in [-0.2, 0) is 16.0 Å². The molecule has 0 radical (unpaired) electrons. The first-order chi connectivity index (χ1) is 15.1. The van der Waals surface area contributed by atoms with Crippen molar-refractivity contribution in [2.45, 2.75) is 96.4 Å². The predicted molar refractivity (Wildman–Crippen MR) is 128 cm³/mol. The maximum absolute atomic E-state index is 12.3.